The molecule has 2 rings (SSSR count). The van der Waals surface area contributed by atoms with Crippen LogP contribution in [0.1, 0.15) is 17.2 Å². The fourth-order valence-electron chi connectivity index (χ4n) is 2.30. The Hall–Kier alpha value is -2.20. The Balaban J connectivity index is 2.10. The average Bonchev–Trinajstić information content (AvgIpc) is 2.54. The minimum absolute atomic E-state index is 0.0544. The summed E-state index contributed by atoms with van der Waals surface area (Å²) in [6, 6.07) is 15.7. The number of rotatable bonds is 7. The molecule has 0 aliphatic rings. The highest BCUT2D eigenvalue weighted by molar-refractivity contribution is 5.83. The molecule has 1 amide bonds. The van der Waals surface area contributed by atoms with Gasteiger partial charge in [0.1, 0.15) is 0 Å². The van der Waals surface area contributed by atoms with Crippen LogP contribution in [-0.2, 0) is 11.2 Å². The van der Waals surface area contributed by atoms with Crippen molar-refractivity contribution in [2.24, 2.45) is 0 Å². The lowest BCUT2D eigenvalue weighted by Crippen LogP contribution is -2.35. The smallest absolute Gasteiger partial charge is 0.227 e. The molecule has 1 heterocycles. The third-order valence-electron chi connectivity index (χ3n) is 3.52. The molecule has 4 heteroatoms. The number of carbonyl (C=O) groups excluding carboxylic acids is 1. The third-order valence-corrected chi connectivity index (χ3v) is 3.52. The molecule has 0 spiro atoms. The van der Waals surface area contributed by atoms with Crippen LogP contribution in [0.5, 0.6) is 0 Å². The number of hydrogen-bond donors (Lipinski definition) is 1. The van der Waals surface area contributed by atoms with Gasteiger partial charge in [-0.15, -0.1) is 0 Å². The minimum Gasteiger partial charge on any atom is -0.354 e. The van der Waals surface area contributed by atoms with Crippen molar-refractivity contribution >= 4 is 5.91 Å². The van der Waals surface area contributed by atoms with E-state index in [1.807, 2.05) is 62.6 Å². The molecular weight excluding hydrogens is 274 g/mol. The van der Waals surface area contributed by atoms with Crippen molar-refractivity contribution in [3.8, 4) is 0 Å². The summed E-state index contributed by atoms with van der Waals surface area (Å²) in [5.41, 5.74) is 1.95. The van der Waals surface area contributed by atoms with E-state index in [9.17, 15) is 4.79 Å². The Morgan fingerprint density at radius 1 is 1.14 bits per heavy atom. The van der Waals surface area contributed by atoms with Gasteiger partial charge < -0.3 is 10.2 Å². The Morgan fingerprint density at radius 2 is 1.86 bits per heavy atom. The summed E-state index contributed by atoms with van der Waals surface area (Å²) in [7, 11) is 3.99. The van der Waals surface area contributed by atoms with Gasteiger partial charge in [-0.25, -0.2) is 0 Å². The van der Waals surface area contributed by atoms with Gasteiger partial charge in [-0.05, 0) is 31.8 Å². The van der Waals surface area contributed by atoms with Gasteiger partial charge in [-0.3, -0.25) is 9.78 Å². The van der Waals surface area contributed by atoms with Crippen molar-refractivity contribution in [2.75, 3.05) is 27.2 Å². The first-order valence-corrected chi connectivity index (χ1v) is 7.54. The van der Waals surface area contributed by atoms with Crippen LogP contribution in [0.25, 0.3) is 0 Å². The number of carbonyl (C=O) groups is 1. The maximum atomic E-state index is 12.6. The molecule has 2 aromatic rings. The lowest BCUT2D eigenvalue weighted by molar-refractivity contribution is -0.122. The van der Waals surface area contributed by atoms with Gasteiger partial charge in [0.2, 0.25) is 5.91 Å². The highest BCUT2D eigenvalue weighted by atomic mass is 16.1. The van der Waals surface area contributed by atoms with Gasteiger partial charge in [0, 0.05) is 31.4 Å². The fourth-order valence-corrected chi connectivity index (χ4v) is 2.30. The first-order valence-electron chi connectivity index (χ1n) is 7.54. The van der Waals surface area contributed by atoms with Crippen molar-refractivity contribution in [2.45, 2.75) is 12.3 Å². The van der Waals surface area contributed by atoms with Gasteiger partial charge in [-0.1, -0.05) is 36.4 Å². The molecule has 1 N–H and O–H groups in total. The van der Waals surface area contributed by atoms with E-state index in [0.717, 1.165) is 17.8 Å². The summed E-state index contributed by atoms with van der Waals surface area (Å²) in [5, 5.41) is 3.02. The summed E-state index contributed by atoms with van der Waals surface area (Å²) in [6.07, 6.45) is 2.37. The summed E-state index contributed by atoms with van der Waals surface area (Å²) >= 11 is 0. The number of amides is 1. The number of hydrogen-bond acceptors (Lipinski definition) is 3. The van der Waals surface area contributed by atoms with Gasteiger partial charge >= 0.3 is 0 Å². The Kier molecular flexibility index (Phi) is 6.10. The van der Waals surface area contributed by atoms with Gasteiger partial charge in [0.25, 0.3) is 0 Å². The molecule has 1 atom stereocenters. The van der Waals surface area contributed by atoms with Crippen LogP contribution in [0.3, 0.4) is 0 Å². The maximum Gasteiger partial charge on any atom is 0.227 e. The molecule has 0 saturated carbocycles. The van der Waals surface area contributed by atoms with Gasteiger partial charge in [0.05, 0.1) is 5.92 Å². The average molecular weight is 297 g/mol. The largest absolute Gasteiger partial charge is 0.354 e. The zero-order chi connectivity index (χ0) is 15.8. The zero-order valence-electron chi connectivity index (χ0n) is 13.2. The number of benzene rings is 1. The van der Waals surface area contributed by atoms with Crippen LogP contribution in [0.4, 0.5) is 0 Å². The van der Waals surface area contributed by atoms with E-state index < -0.39 is 0 Å². The summed E-state index contributed by atoms with van der Waals surface area (Å²) < 4.78 is 0. The molecule has 0 fully saturated rings. The van der Waals surface area contributed by atoms with Gasteiger partial charge in [0.15, 0.2) is 0 Å². The standard InChI is InChI=1S/C18H23N3O/c1-21(2)13-12-20-18(22)17(15-8-4-3-5-9-15)14-16-10-6-7-11-19-16/h3-11,17H,12-14H2,1-2H3,(H,20,22). The number of nitrogens with one attached hydrogen (secondary N) is 1. The van der Waals surface area contributed by atoms with Crippen LogP contribution in [0, 0.1) is 0 Å². The highest BCUT2D eigenvalue weighted by Crippen LogP contribution is 2.20. The van der Waals surface area contributed by atoms with E-state index in [1.54, 1.807) is 6.20 Å². The predicted molar refractivity (Wildman–Crippen MR) is 88.7 cm³/mol. The van der Waals surface area contributed by atoms with Crippen molar-refractivity contribution in [3.05, 3.63) is 66.0 Å². The first-order chi connectivity index (χ1) is 10.7. The van der Waals surface area contributed by atoms with Crippen molar-refractivity contribution in [1.29, 1.82) is 0 Å². The van der Waals surface area contributed by atoms with Crippen LogP contribution in [0.15, 0.2) is 54.7 Å². The Bertz CT molecular complexity index is 569. The second-order valence-corrected chi connectivity index (χ2v) is 5.58. The number of aromatic nitrogens is 1. The minimum atomic E-state index is -0.210. The topological polar surface area (TPSA) is 45.2 Å². The fraction of sp³-hybridized carbons (Fsp3) is 0.333. The SMILES string of the molecule is CN(C)CCNC(=O)C(Cc1ccccn1)c1ccccc1. The maximum absolute atomic E-state index is 12.6. The number of nitrogens with zero attached hydrogens (tertiary/aromatic N) is 2. The van der Waals surface area contributed by atoms with E-state index in [0.29, 0.717) is 13.0 Å². The van der Waals surface area contributed by atoms with Crippen molar-refractivity contribution in [1.82, 2.24) is 15.2 Å². The molecule has 0 saturated heterocycles. The first kappa shape index (κ1) is 16.2. The molecule has 4 nitrogen and oxygen atoms in total. The monoisotopic (exact) mass is 297 g/mol. The molecule has 116 valence electrons. The number of pyridine rings is 1. The number of likely N-dealkylation sites (N-methyl/N-ethyl adjacent to an activating group) is 1. The third kappa shape index (κ3) is 4.97. The molecule has 22 heavy (non-hydrogen) atoms. The van der Waals surface area contributed by atoms with Crippen LogP contribution >= 0.6 is 0 Å². The van der Waals surface area contributed by atoms with Crippen molar-refractivity contribution < 1.29 is 4.79 Å². The highest BCUT2D eigenvalue weighted by Gasteiger charge is 2.21. The molecule has 0 bridgehead atoms. The molecular formula is C18H23N3O. The molecule has 0 radical (unpaired) electrons. The Morgan fingerprint density at radius 3 is 2.50 bits per heavy atom. The summed E-state index contributed by atoms with van der Waals surface area (Å²) in [6.45, 7) is 1.48. The summed E-state index contributed by atoms with van der Waals surface area (Å²) in [5.74, 6) is -0.156. The zero-order valence-corrected chi connectivity index (χ0v) is 13.2. The molecule has 1 aromatic heterocycles. The van der Waals surface area contributed by atoms with E-state index >= 15 is 0 Å². The second-order valence-electron chi connectivity index (χ2n) is 5.58. The van der Waals surface area contributed by atoms with Gasteiger partial charge in [-0.2, -0.15) is 0 Å². The van der Waals surface area contributed by atoms with Crippen LogP contribution in [0.2, 0.25) is 0 Å². The van der Waals surface area contributed by atoms with Crippen LogP contribution in [-0.4, -0.2) is 43.0 Å². The lowest BCUT2D eigenvalue weighted by atomic mass is 9.93. The van der Waals surface area contributed by atoms with E-state index in [-0.39, 0.29) is 11.8 Å². The molecule has 1 unspecified atom stereocenters. The second kappa shape index (κ2) is 8.29. The molecule has 0 aliphatic heterocycles. The quantitative estimate of drug-likeness (QED) is 0.851. The van der Waals surface area contributed by atoms with Crippen LogP contribution < -0.4 is 5.32 Å². The lowest BCUT2D eigenvalue weighted by Gasteiger charge is -2.18. The van der Waals surface area contributed by atoms with E-state index in [2.05, 4.69) is 15.2 Å². The summed E-state index contributed by atoms with van der Waals surface area (Å²) in [4.78, 5) is 19.0. The van der Waals surface area contributed by atoms with E-state index in [4.69, 9.17) is 0 Å². The predicted octanol–water partition coefficient (Wildman–Crippen LogP) is 2.09. The van der Waals surface area contributed by atoms with Crippen molar-refractivity contribution in [3.63, 3.8) is 0 Å². The van der Waals surface area contributed by atoms with E-state index in [1.165, 1.54) is 0 Å². The molecule has 0 aliphatic carbocycles. The molecule has 1 aromatic carbocycles. The normalized spacial score (nSPS) is 12.1. The Labute approximate surface area is 132 Å².